The highest BCUT2D eigenvalue weighted by Gasteiger charge is 2.33. The minimum Gasteiger partial charge on any atom is -0.494 e. The molecule has 0 saturated carbocycles. The predicted molar refractivity (Wildman–Crippen MR) is 89.9 cm³/mol. The number of rotatable bonds is 5. The first-order valence-corrected chi connectivity index (χ1v) is 7.80. The molecule has 0 radical (unpaired) electrons. The van der Waals surface area contributed by atoms with Crippen LogP contribution in [0.15, 0.2) is 42.5 Å². The van der Waals surface area contributed by atoms with Crippen molar-refractivity contribution < 1.29 is 22.7 Å². The number of nitrogens with one attached hydrogen (secondary N) is 2. The molecule has 0 spiro atoms. The lowest BCUT2D eigenvalue weighted by Crippen LogP contribution is -2.28. The van der Waals surface area contributed by atoms with Gasteiger partial charge in [-0.3, -0.25) is 0 Å². The first kappa shape index (κ1) is 18.9. The zero-order valence-corrected chi connectivity index (χ0v) is 14.0. The van der Waals surface area contributed by atoms with Crippen molar-refractivity contribution in [1.82, 2.24) is 5.32 Å². The Morgan fingerprint density at radius 2 is 1.84 bits per heavy atom. The van der Waals surface area contributed by atoms with Gasteiger partial charge in [0.1, 0.15) is 5.75 Å². The van der Waals surface area contributed by atoms with Crippen molar-refractivity contribution in [1.29, 1.82) is 0 Å². The molecule has 0 saturated heterocycles. The summed E-state index contributed by atoms with van der Waals surface area (Å²) in [7, 11) is 0. The third-order valence-electron chi connectivity index (χ3n) is 3.22. The lowest BCUT2D eigenvalue weighted by Gasteiger charge is -2.12. The van der Waals surface area contributed by atoms with Gasteiger partial charge < -0.3 is 15.4 Å². The van der Waals surface area contributed by atoms with Crippen molar-refractivity contribution in [2.75, 3.05) is 11.9 Å². The number of urea groups is 1. The van der Waals surface area contributed by atoms with Gasteiger partial charge in [0.25, 0.3) is 0 Å². The Balaban J connectivity index is 1.94. The smallest absolute Gasteiger partial charge is 0.417 e. The van der Waals surface area contributed by atoms with Crippen molar-refractivity contribution >= 4 is 23.3 Å². The Kier molecular flexibility index (Phi) is 6.14. The quantitative estimate of drug-likeness (QED) is 0.769. The molecule has 0 fully saturated rings. The Bertz CT molecular complexity index is 734. The highest BCUT2D eigenvalue weighted by atomic mass is 35.5. The standard InChI is InChI=1S/C17H16ClF3N2O2/c1-2-25-13-6-3-11(4-7-13)10-22-16(24)23-12-5-8-15(18)14(9-12)17(19,20)21/h3-9H,2,10H2,1H3,(H2,22,23,24). The van der Waals surface area contributed by atoms with Crippen LogP contribution in [0.3, 0.4) is 0 Å². The minimum absolute atomic E-state index is 0.000851. The van der Waals surface area contributed by atoms with E-state index in [1.54, 1.807) is 24.3 Å². The van der Waals surface area contributed by atoms with Crippen molar-refractivity contribution in [3.05, 3.63) is 58.6 Å². The SMILES string of the molecule is CCOc1ccc(CNC(=O)Nc2ccc(Cl)c(C(F)(F)F)c2)cc1. The highest BCUT2D eigenvalue weighted by molar-refractivity contribution is 6.31. The summed E-state index contributed by atoms with van der Waals surface area (Å²) >= 11 is 5.54. The molecule has 134 valence electrons. The lowest BCUT2D eigenvalue weighted by atomic mass is 10.2. The summed E-state index contributed by atoms with van der Waals surface area (Å²) in [6.45, 7) is 2.65. The summed E-state index contributed by atoms with van der Waals surface area (Å²) < 4.78 is 43.7. The Morgan fingerprint density at radius 3 is 2.44 bits per heavy atom. The van der Waals surface area contributed by atoms with Crippen LogP contribution < -0.4 is 15.4 Å². The van der Waals surface area contributed by atoms with E-state index in [9.17, 15) is 18.0 Å². The molecule has 8 heteroatoms. The third kappa shape index (κ3) is 5.56. The second kappa shape index (κ2) is 8.11. The molecule has 25 heavy (non-hydrogen) atoms. The summed E-state index contributed by atoms with van der Waals surface area (Å²) in [5.41, 5.74) is -0.176. The maximum Gasteiger partial charge on any atom is 0.417 e. The van der Waals surface area contributed by atoms with Crippen molar-refractivity contribution in [2.45, 2.75) is 19.6 Å². The second-order valence-electron chi connectivity index (χ2n) is 5.08. The fourth-order valence-electron chi connectivity index (χ4n) is 2.05. The van der Waals surface area contributed by atoms with Crippen LogP contribution in [0.4, 0.5) is 23.7 Å². The van der Waals surface area contributed by atoms with Crippen LogP contribution in [-0.2, 0) is 12.7 Å². The molecule has 0 aliphatic rings. The molecule has 0 aliphatic carbocycles. The van der Waals surface area contributed by atoms with Gasteiger partial charge in [-0.2, -0.15) is 13.2 Å². The summed E-state index contributed by atoms with van der Waals surface area (Å²) in [5, 5.41) is 4.49. The number of alkyl halides is 3. The predicted octanol–water partition coefficient (Wildman–Crippen LogP) is 5.08. The number of amides is 2. The monoisotopic (exact) mass is 372 g/mol. The van der Waals surface area contributed by atoms with Gasteiger partial charge in [0, 0.05) is 12.2 Å². The topological polar surface area (TPSA) is 50.4 Å². The fourth-order valence-corrected chi connectivity index (χ4v) is 2.27. The summed E-state index contributed by atoms with van der Waals surface area (Å²) in [5.74, 6) is 0.719. The molecule has 0 heterocycles. The van der Waals surface area contributed by atoms with E-state index in [1.165, 1.54) is 6.07 Å². The third-order valence-corrected chi connectivity index (χ3v) is 3.55. The van der Waals surface area contributed by atoms with E-state index in [2.05, 4.69) is 10.6 Å². The first-order chi connectivity index (χ1) is 11.8. The summed E-state index contributed by atoms with van der Waals surface area (Å²) in [6, 6.07) is 9.68. The van der Waals surface area contributed by atoms with Crippen LogP contribution in [0.5, 0.6) is 5.75 Å². The molecule has 0 aromatic heterocycles. The molecule has 4 nitrogen and oxygen atoms in total. The van der Waals surface area contributed by atoms with Gasteiger partial charge in [0.15, 0.2) is 0 Å². The van der Waals surface area contributed by atoms with E-state index in [0.29, 0.717) is 6.61 Å². The summed E-state index contributed by atoms with van der Waals surface area (Å²) in [4.78, 5) is 11.8. The Morgan fingerprint density at radius 1 is 1.16 bits per heavy atom. The van der Waals surface area contributed by atoms with Gasteiger partial charge in [0.05, 0.1) is 17.2 Å². The molecule has 0 unspecified atom stereocenters. The lowest BCUT2D eigenvalue weighted by molar-refractivity contribution is -0.137. The molecule has 0 atom stereocenters. The second-order valence-corrected chi connectivity index (χ2v) is 5.48. The van der Waals surface area contributed by atoms with Gasteiger partial charge in [-0.05, 0) is 42.8 Å². The minimum atomic E-state index is -4.59. The molecule has 0 bridgehead atoms. The van der Waals surface area contributed by atoms with E-state index < -0.39 is 22.8 Å². The number of halogens is 4. The van der Waals surface area contributed by atoms with E-state index in [1.807, 2.05) is 6.92 Å². The van der Waals surface area contributed by atoms with Crippen LogP contribution in [-0.4, -0.2) is 12.6 Å². The van der Waals surface area contributed by atoms with Gasteiger partial charge in [0.2, 0.25) is 0 Å². The number of hydrogen-bond acceptors (Lipinski definition) is 2. The van der Waals surface area contributed by atoms with Gasteiger partial charge >= 0.3 is 12.2 Å². The molecule has 0 aliphatic heterocycles. The van der Waals surface area contributed by atoms with Crippen molar-refractivity contribution in [3.63, 3.8) is 0 Å². The Hall–Kier alpha value is -2.41. The molecule has 2 aromatic rings. The van der Waals surface area contributed by atoms with E-state index >= 15 is 0 Å². The number of hydrogen-bond donors (Lipinski definition) is 2. The van der Waals surface area contributed by atoms with Gasteiger partial charge in [-0.15, -0.1) is 0 Å². The summed E-state index contributed by atoms with van der Waals surface area (Å²) in [6.07, 6.45) is -4.59. The number of carbonyl (C=O) groups excluding carboxylic acids is 1. The molecule has 2 amide bonds. The maximum atomic E-state index is 12.8. The zero-order chi connectivity index (χ0) is 18.4. The number of benzene rings is 2. The van der Waals surface area contributed by atoms with E-state index in [-0.39, 0.29) is 12.2 Å². The normalized spacial score (nSPS) is 11.1. The average molecular weight is 373 g/mol. The molecular weight excluding hydrogens is 357 g/mol. The van der Waals surface area contributed by atoms with Gasteiger partial charge in [-0.1, -0.05) is 23.7 Å². The zero-order valence-electron chi connectivity index (χ0n) is 13.3. The van der Waals surface area contributed by atoms with E-state index in [4.69, 9.17) is 16.3 Å². The number of ether oxygens (including phenoxy) is 1. The molecule has 2 N–H and O–H groups in total. The van der Waals surface area contributed by atoms with E-state index in [0.717, 1.165) is 23.4 Å². The van der Waals surface area contributed by atoms with Crippen LogP contribution in [0.2, 0.25) is 5.02 Å². The Labute approximate surface area is 147 Å². The van der Waals surface area contributed by atoms with Crippen molar-refractivity contribution in [2.24, 2.45) is 0 Å². The van der Waals surface area contributed by atoms with Crippen LogP contribution in [0.25, 0.3) is 0 Å². The number of carbonyl (C=O) groups is 1. The van der Waals surface area contributed by atoms with Crippen LogP contribution >= 0.6 is 11.6 Å². The van der Waals surface area contributed by atoms with Crippen molar-refractivity contribution in [3.8, 4) is 5.75 Å². The van der Waals surface area contributed by atoms with Crippen LogP contribution in [0.1, 0.15) is 18.1 Å². The molecule has 2 aromatic carbocycles. The van der Waals surface area contributed by atoms with Crippen LogP contribution in [0, 0.1) is 0 Å². The maximum absolute atomic E-state index is 12.8. The first-order valence-electron chi connectivity index (χ1n) is 7.43. The molecular formula is C17H16ClF3N2O2. The van der Waals surface area contributed by atoms with Gasteiger partial charge in [-0.25, -0.2) is 4.79 Å². The highest BCUT2D eigenvalue weighted by Crippen LogP contribution is 2.36. The largest absolute Gasteiger partial charge is 0.494 e. The fraction of sp³-hybridized carbons (Fsp3) is 0.235. The number of anilines is 1. The average Bonchev–Trinajstić information content (AvgIpc) is 2.55. The molecule has 2 rings (SSSR count).